The van der Waals surface area contributed by atoms with Gasteiger partial charge in [0, 0.05) is 18.3 Å². The Bertz CT molecular complexity index is 800. The summed E-state index contributed by atoms with van der Waals surface area (Å²) in [5.74, 6) is -1.45. The minimum Gasteiger partial charge on any atom is -0.480 e. The molecule has 2 atom stereocenters. The van der Waals surface area contributed by atoms with Crippen molar-refractivity contribution in [3.63, 3.8) is 0 Å². The van der Waals surface area contributed by atoms with Crippen molar-refractivity contribution in [1.82, 2.24) is 15.2 Å². The number of nitrogens with one attached hydrogen (secondary N) is 1. The van der Waals surface area contributed by atoms with Gasteiger partial charge in [0.15, 0.2) is 0 Å². The van der Waals surface area contributed by atoms with Crippen molar-refractivity contribution in [2.24, 2.45) is 11.1 Å². The van der Waals surface area contributed by atoms with Gasteiger partial charge in [-0.1, -0.05) is 13.8 Å². The summed E-state index contributed by atoms with van der Waals surface area (Å²) in [5.41, 5.74) is 6.48. The number of amides is 2. The SMILES string of the molecule is CC1(C)CC2/C(=C\c3ccc(C(=O)NCCCN)cn3)C(=O)N2[C@H]1C(=O)O. The molecule has 2 saturated heterocycles. The summed E-state index contributed by atoms with van der Waals surface area (Å²) < 4.78 is 0. The van der Waals surface area contributed by atoms with Gasteiger partial charge in [-0.05, 0) is 43.0 Å². The second kappa shape index (κ2) is 7.11. The van der Waals surface area contributed by atoms with Gasteiger partial charge in [0.05, 0.1) is 17.3 Å². The van der Waals surface area contributed by atoms with E-state index in [1.165, 1.54) is 11.1 Å². The Morgan fingerprint density at radius 1 is 1.44 bits per heavy atom. The van der Waals surface area contributed by atoms with Crippen LogP contribution in [0.2, 0.25) is 0 Å². The molecule has 3 heterocycles. The first-order chi connectivity index (χ1) is 12.8. The first kappa shape index (κ1) is 19.0. The van der Waals surface area contributed by atoms with Crippen molar-refractivity contribution in [1.29, 1.82) is 0 Å². The third-order valence-electron chi connectivity index (χ3n) is 5.17. The Morgan fingerprint density at radius 3 is 2.78 bits per heavy atom. The van der Waals surface area contributed by atoms with Crippen LogP contribution < -0.4 is 11.1 Å². The van der Waals surface area contributed by atoms with Crippen molar-refractivity contribution < 1.29 is 19.5 Å². The molecule has 1 unspecified atom stereocenters. The van der Waals surface area contributed by atoms with Crippen molar-refractivity contribution in [2.45, 2.75) is 38.8 Å². The van der Waals surface area contributed by atoms with Crippen molar-refractivity contribution in [3.8, 4) is 0 Å². The van der Waals surface area contributed by atoms with Crippen LogP contribution >= 0.6 is 0 Å². The van der Waals surface area contributed by atoms with E-state index in [0.29, 0.717) is 42.8 Å². The van der Waals surface area contributed by atoms with E-state index in [0.717, 1.165) is 0 Å². The third kappa shape index (κ3) is 3.44. The fraction of sp³-hybridized carbons (Fsp3) is 0.474. The highest BCUT2D eigenvalue weighted by atomic mass is 16.4. The molecule has 0 aliphatic carbocycles. The van der Waals surface area contributed by atoms with E-state index in [2.05, 4.69) is 10.3 Å². The van der Waals surface area contributed by atoms with E-state index < -0.39 is 17.4 Å². The van der Waals surface area contributed by atoms with Gasteiger partial charge < -0.3 is 21.1 Å². The molecule has 27 heavy (non-hydrogen) atoms. The summed E-state index contributed by atoms with van der Waals surface area (Å²) in [6, 6.07) is 2.32. The lowest BCUT2D eigenvalue weighted by Crippen LogP contribution is -2.57. The maximum absolute atomic E-state index is 12.5. The van der Waals surface area contributed by atoms with Crippen molar-refractivity contribution in [2.75, 3.05) is 13.1 Å². The number of pyridine rings is 1. The quantitative estimate of drug-likeness (QED) is 0.382. The van der Waals surface area contributed by atoms with Gasteiger partial charge >= 0.3 is 5.97 Å². The molecular formula is C19H24N4O4. The van der Waals surface area contributed by atoms with E-state index in [9.17, 15) is 19.5 Å². The average Bonchev–Trinajstić information content (AvgIpc) is 2.88. The number of carbonyl (C=O) groups excluding carboxylic acids is 2. The van der Waals surface area contributed by atoms with Crippen molar-refractivity contribution >= 4 is 23.9 Å². The van der Waals surface area contributed by atoms with Crippen LogP contribution in [-0.4, -0.2) is 57.9 Å². The van der Waals surface area contributed by atoms with E-state index in [4.69, 9.17) is 5.73 Å². The summed E-state index contributed by atoms with van der Waals surface area (Å²) in [6.07, 6.45) is 4.45. The molecule has 2 fully saturated rings. The summed E-state index contributed by atoms with van der Waals surface area (Å²) >= 11 is 0. The zero-order valence-corrected chi connectivity index (χ0v) is 15.4. The monoisotopic (exact) mass is 372 g/mol. The van der Waals surface area contributed by atoms with Crippen LogP contribution in [0.1, 0.15) is 42.7 Å². The molecule has 1 aromatic rings. The van der Waals surface area contributed by atoms with Crippen LogP contribution in [0.5, 0.6) is 0 Å². The number of nitrogens with two attached hydrogens (primary N) is 1. The molecule has 8 nitrogen and oxygen atoms in total. The number of nitrogens with zero attached hydrogens (tertiary/aromatic N) is 2. The van der Waals surface area contributed by atoms with E-state index >= 15 is 0 Å². The zero-order chi connectivity index (χ0) is 19.8. The van der Waals surface area contributed by atoms with Crippen LogP contribution in [0, 0.1) is 5.41 Å². The Morgan fingerprint density at radius 2 is 2.19 bits per heavy atom. The fourth-order valence-electron chi connectivity index (χ4n) is 3.81. The van der Waals surface area contributed by atoms with Gasteiger partial charge in [0.2, 0.25) is 0 Å². The molecule has 4 N–H and O–H groups in total. The number of rotatable bonds is 6. The Balaban J connectivity index is 1.72. The van der Waals surface area contributed by atoms with Gasteiger partial charge in [0.1, 0.15) is 6.04 Å². The number of carboxylic acid groups (broad SMARTS) is 1. The van der Waals surface area contributed by atoms with Crippen LogP contribution in [0.4, 0.5) is 0 Å². The summed E-state index contributed by atoms with van der Waals surface area (Å²) in [4.78, 5) is 41.7. The number of carbonyl (C=O) groups is 3. The Labute approximate surface area is 157 Å². The molecule has 1 aromatic heterocycles. The summed E-state index contributed by atoms with van der Waals surface area (Å²) in [6.45, 7) is 4.75. The molecule has 144 valence electrons. The highest BCUT2D eigenvalue weighted by Gasteiger charge is 2.60. The first-order valence-corrected chi connectivity index (χ1v) is 8.97. The number of carboxylic acids is 1. The highest BCUT2D eigenvalue weighted by molar-refractivity contribution is 6.08. The van der Waals surface area contributed by atoms with Crippen LogP contribution in [-0.2, 0) is 9.59 Å². The molecular weight excluding hydrogens is 348 g/mol. The van der Waals surface area contributed by atoms with Crippen LogP contribution in [0.15, 0.2) is 23.9 Å². The molecule has 2 aliphatic rings. The van der Waals surface area contributed by atoms with Crippen LogP contribution in [0.3, 0.4) is 0 Å². The number of fused-ring (bicyclic) bond motifs is 1. The second-order valence-corrected chi connectivity index (χ2v) is 7.63. The minimum absolute atomic E-state index is 0.199. The molecule has 0 saturated carbocycles. The van der Waals surface area contributed by atoms with Gasteiger partial charge in [-0.25, -0.2) is 4.79 Å². The molecule has 0 radical (unpaired) electrons. The summed E-state index contributed by atoms with van der Waals surface area (Å²) in [5, 5.41) is 12.2. The van der Waals surface area contributed by atoms with Gasteiger partial charge in [0.25, 0.3) is 11.8 Å². The third-order valence-corrected chi connectivity index (χ3v) is 5.17. The molecule has 3 rings (SSSR count). The number of hydrogen-bond donors (Lipinski definition) is 3. The van der Waals surface area contributed by atoms with E-state index in [-0.39, 0.29) is 17.9 Å². The topological polar surface area (TPSA) is 126 Å². The number of hydrogen-bond acceptors (Lipinski definition) is 5. The lowest BCUT2D eigenvalue weighted by Gasteiger charge is -2.40. The second-order valence-electron chi connectivity index (χ2n) is 7.63. The van der Waals surface area contributed by atoms with Crippen LogP contribution in [0.25, 0.3) is 6.08 Å². The Kier molecular flexibility index (Phi) is 5.01. The largest absolute Gasteiger partial charge is 0.480 e. The first-order valence-electron chi connectivity index (χ1n) is 8.97. The van der Waals surface area contributed by atoms with E-state index in [1.807, 2.05) is 13.8 Å². The lowest BCUT2D eigenvalue weighted by atomic mass is 9.83. The molecule has 8 heteroatoms. The highest BCUT2D eigenvalue weighted by Crippen LogP contribution is 2.49. The molecule has 0 aromatic carbocycles. The standard InChI is InChI=1S/C19H24N4O4/c1-19(2)9-14-13(17(25)23(14)15(19)18(26)27)8-12-5-4-11(10-22-12)16(24)21-7-3-6-20/h4-5,8,10,14-15H,3,6-7,9,20H2,1-2H3,(H,21,24)(H,26,27)/b13-8+/t14?,15-/m0/s1. The zero-order valence-electron chi connectivity index (χ0n) is 15.4. The van der Waals surface area contributed by atoms with Crippen molar-refractivity contribution in [3.05, 3.63) is 35.2 Å². The normalized spacial score (nSPS) is 24.5. The average molecular weight is 372 g/mol. The molecule has 0 bridgehead atoms. The predicted molar refractivity (Wildman–Crippen MR) is 98.7 cm³/mol. The fourth-order valence-corrected chi connectivity index (χ4v) is 3.81. The maximum Gasteiger partial charge on any atom is 0.327 e. The Hall–Kier alpha value is -2.74. The predicted octanol–water partition coefficient (Wildman–Crippen LogP) is 0.638. The maximum atomic E-state index is 12.5. The molecule has 0 spiro atoms. The number of β-lactam (4-membered cyclic amide) rings is 1. The minimum atomic E-state index is -0.974. The smallest absolute Gasteiger partial charge is 0.327 e. The molecule has 2 aliphatic heterocycles. The molecule has 2 amide bonds. The lowest BCUT2D eigenvalue weighted by molar-refractivity contribution is -0.154. The van der Waals surface area contributed by atoms with E-state index in [1.54, 1.807) is 18.2 Å². The number of aliphatic carboxylic acids is 1. The summed E-state index contributed by atoms with van der Waals surface area (Å²) in [7, 11) is 0. The van der Waals surface area contributed by atoms with Gasteiger partial charge in [-0.15, -0.1) is 0 Å². The number of aromatic nitrogens is 1. The van der Waals surface area contributed by atoms with Gasteiger partial charge in [-0.2, -0.15) is 0 Å². The van der Waals surface area contributed by atoms with Gasteiger partial charge in [-0.3, -0.25) is 14.6 Å².